The molecule has 0 amide bonds. The molecule has 18 heavy (non-hydrogen) atoms. The second kappa shape index (κ2) is 6.57. The van der Waals surface area contributed by atoms with Gasteiger partial charge in [-0.15, -0.1) is 11.3 Å². The molecule has 0 saturated heterocycles. The van der Waals surface area contributed by atoms with Gasteiger partial charge in [0, 0.05) is 11.3 Å². The van der Waals surface area contributed by atoms with Crippen LogP contribution < -0.4 is 10.5 Å². The van der Waals surface area contributed by atoms with E-state index in [-0.39, 0.29) is 0 Å². The largest absolute Gasteiger partial charge is 0.493 e. The molecule has 0 radical (unpaired) electrons. The van der Waals surface area contributed by atoms with Crippen LogP contribution in [0.5, 0.6) is 5.75 Å². The predicted molar refractivity (Wildman–Crippen MR) is 77.5 cm³/mol. The second-order valence-electron chi connectivity index (χ2n) is 4.33. The van der Waals surface area contributed by atoms with E-state index in [0.717, 1.165) is 25.2 Å². The molecule has 0 aliphatic carbocycles. The molecule has 2 aromatic rings. The van der Waals surface area contributed by atoms with E-state index < -0.39 is 0 Å². The molecule has 0 bridgehead atoms. The first-order chi connectivity index (χ1) is 8.79. The molecule has 1 aromatic carbocycles. The molecule has 0 unspecified atom stereocenters. The Morgan fingerprint density at radius 3 is 2.83 bits per heavy atom. The summed E-state index contributed by atoms with van der Waals surface area (Å²) in [7, 11) is 0. The molecular weight excluding hydrogens is 242 g/mol. The lowest BCUT2D eigenvalue weighted by atomic mass is 10.1. The van der Waals surface area contributed by atoms with Gasteiger partial charge in [0.1, 0.15) is 5.75 Å². The molecule has 0 atom stereocenters. The highest BCUT2D eigenvalue weighted by molar-refractivity contribution is 7.09. The van der Waals surface area contributed by atoms with Crippen LogP contribution in [0.4, 0.5) is 0 Å². The van der Waals surface area contributed by atoms with Crippen molar-refractivity contribution in [1.82, 2.24) is 0 Å². The van der Waals surface area contributed by atoms with Crippen LogP contribution in [-0.2, 0) is 12.8 Å². The van der Waals surface area contributed by atoms with Gasteiger partial charge in [0.05, 0.1) is 6.61 Å². The van der Waals surface area contributed by atoms with Crippen LogP contribution in [0, 0.1) is 6.92 Å². The predicted octanol–water partition coefficient (Wildman–Crippen LogP) is 3.18. The smallest absolute Gasteiger partial charge is 0.122 e. The van der Waals surface area contributed by atoms with Crippen molar-refractivity contribution in [2.24, 2.45) is 5.73 Å². The molecule has 0 aliphatic heterocycles. The van der Waals surface area contributed by atoms with E-state index in [0.29, 0.717) is 6.54 Å². The maximum Gasteiger partial charge on any atom is 0.122 e. The van der Waals surface area contributed by atoms with Crippen LogP contribution in [0.2, 0.25) is 0 Å². The Morgan fingerprint density at radius 1 is 1.22 bits per heavy atom. The minimum atomic E-state index is 0.657. The quantitative estimate of drug-likeness (QED) is 0.867. The van der Waals surface area contributed by atoms with Crippen LogP contribution in [0.1, 0.15) is 16.0 Å². The maximum atomic E-state index is 5.87. The Kier molecular flexibility index (Phi) is 4.79. The molecule has 2 rings (SSSR count). The molecule has 2 N–H and O–H groups in total. The van der Waals surface area contributed by atoms with E-state index in [1.165, 1.54) is 16.0 Å². The lowest BCUT2D eigenvalue weighted by Crippen LogP contribution is -2.07. The Labute approximate surface area is 112 Å². The number of aryl methyl sites for hydroxylation is 1. The fourth-order valence-electron chi connectivity index (χ4n) is 1.92. The summed E-state index contributed by atoms with van der Waals surface area (Å²) < 4.78 is 5.87. The fourth-order valence-corrected chi connectivity index (χ4v) is 2.61. The fraction of sp³-hybridized carbons (Fsp3) is 0.333. The normalized spacial score (nSPS) is 10.6. The van der Waals surface area contributed by atoms with Crippen LogP contribution in [-0.4, -0.2) is 13.2 Å². The number of ether oxygens (including phenoxy) is 1. The third-order valence-corrected chi connectivity index (χ3v) is 3.75. The molecule has 1 heterocycles. The number of benzene rings is 1. The lowest BCUT2D eigenvalue weighted by Gasteiger charge is -2.11. The number of thiophene rings is 1. The summed E-state index contributed by atoms with van der Waals surface area (Å²) in [6.45, 7) is 3.47. The zero-order valence-corrected chi connectivity index (χ0v) is 11.5. The SMILES string of the molecule is Cc1ccc(OCCc2cccs2)c(CCN)c1. The number of hydrogen-bond donors (Lipinski definition) is 1. The molecule has 2 nitrogen and oxygen atoms in total. The van der Waals surface area contributed by atoms with Gasteiger partial charge in [-0.25, -0.2) is 0 Å². The van der Waals surface area contributed by atoms with Crippen molar-refractivity contribution in [2.45, 2.75) is 19.8 Å². The Hall–Kier alpha value is -1.32. The van der Waals surface area contributed by atoms with Crippen LogP contribution >= 0.6 is 11.3 Å². The first kappa shape index (κ1) is 13.1. The van der Waals surface area contributed by atoms with Crippen LogP contribution in [0.25, 0.3) is 0 Å². The minimum Gasteiger partial charge on any atom is -0.493 e. The van der Waals surface area contributed by atoms with Crippen molar-refractivity contribution in [2.75, 3.05) is 13.2 Å². The van der Waals surface area contributed by atoms with E-state index >= 15 is 0 Å². The topological polar surface area (TPSA) is 35.2 Å². The Balaban J connectivity index is 1.95. The van der Waals surface area contributed by atoms with Crippen molar-refractivity contribution < 1.29 is 4.74 Å². The average Bonchev–Trinajstić information content (AvgIpc) is 2.85. The van der Waals surface area contributed by atoms with E-state index in [1.54, 1.807) is 11.3 Å². The van der Waals surface area contributed by atoms with Crippen LogP contribution in [0.15, 0.2) is 35.7 Å². The van der Waals surface area contributed by atoms with Crippen molar-refractivity contribution in [1.29, 1.82) is 0 Å². The zero-order valence-electron chi connectivity index (χ0n) is 10.7. The monoisotopic (exact) mass is 261 g/mol. The van der Waals surface area contributed by atoms with Crippen molar-refractivity contribution in [3.63, 3.8) is 0 Å². The number of hydrogen-bond acceptors (Lipinski definition) is 3. The van der Waals surface area contributed by atoms with Crippen molar-refractivity contribution in [3.8, 4) is 5.75 Å². The van der Waals surface area contributed by atoms with E-state index in [4.69, 9.17) is 10.5 Å². The Morgan fingerprint density at radius 2 is 2.11 bits per heavy atom. The van der Waals surface area contributed by atoms with Gasteiger partial charge in [-0.05, 0) is 43.0 Å². The summed E-state index contributed by atoms with van der Waals surface area (Å²) in [6.07, 6.45) is 1.84. The molecule has 0 saturated carbocycles. The molecular formula is C15H19NOS. The van der Waals surface area contributed by atoms with E-state index in [2.05, 4.69) is 42.6 Å². The maximum absolute atomic E-state index is 5.87. The van der Waals surface area contributed by atoms with Crippen LogP contribution in [0.3, 0.4) is 0 Å². The van der Waals surface area contributed by atoms with E-state index in [9.17, 15) is 0 Å². The van der Waals surface area contributed by atoms with Gasteiger partial charge in [0.2, 0.25) is 0 Å². The van der Waals surface area contributed by atoms with Gasteiger partial charge in [-0.2, -0.15) is 0 Å². The standard InChI is InChI=1S/C15H19NOS/c1-12-4-5-15(13(11-12)6-8-16)17-9-7-14-3-2-10-18-14/h2-5,10-11H,6-9,16H2,1H3. The molecule has 0 spiro atoms. The number of nitrogens with two attached hydrogens (primary N) is 1. The molecule has 3 heteroatoms. The highest BCUT2D eigenvalue weighted by Crippen LogP contribution is 2.21. The van der Waals surface area contributed by atoms with Gasteiger partial charge in [-0.3, -0.25) is 0 Å². The molecule has 0 aliphatic rings. The van der Waals surface area contributed by atoms with Gasteiger partial charge in [0.15, 0.2) is 0 Å². The van der Waals surface area contributed by atoms with E-state index in [1.807, 2.05) is 0 Å². The van der Waals surface area contributed by atoms with Gasteiger partial charge in [-0.1, -0.05) is 23.8 Å². The molecule has 0 fully saturated rings. The lowest BCUT2D eigenvalue weighted by molar-refractivity contribution is 0.319. The van der Waals surface area contributed by atoms with Crippen molar-refractivity contribution in [3.05, 3.63) is 51.7 Å². The molecule has 96 valence electrons. The minimum absolute atomic E-state index is 0.657. The van der Waals surface area contributed by atoms with Gasteiger partial charge >= 0.3 is 0 Å². The molecule has 1 aromatic heterocycles. The summed E-state index contributed by atoms with van der Waals surface area (Å²) >= 11 is 1.77. The summed E-state index contributed by atoms with van der Waals surface area (Å²) in [5.74, 6) is 0.975. The summed E-state index contributed by atoms with van der Waals surface area (Å²) in [5.41, 5.74) is 8.10. The summed E-state index contributed by atoms with van der Waals surface area (Å²) in [4.78, 5) is 1.36. The van der Waals surface area contributed by atoms with Gasteiger partial charge in [0.25, 0.3) is 0 Å². The zero-order chi connectivity index (χ0) is 12.8. The first-order valence-corrected chi connectivity index (χ1v) is 7.12. The summed E-state index contributed by atoms with van der Waals surface area (Å²) in [6, 6.07) is 10.5. The van der Waals surface area contributed by atoms with Gasteiger partial charge < -0.3 is 10.5 Å². The van der Waals surface area contributed by atoms with Crippen molar-refractivity contribution >= 4 is 11.3 Å². The highest BCUT2D eigenvalue weighted by Gasteiger charge is 2.04. The third-order valence-electron chi connectivity index (χ3n) is 2.82. The number of rotatable bonds is 6. The average molecular weight is 261 g/mol. The second-order valence-corrected chi connectivity index (χ2v) is 5.36. The highest BCUT2D eigenvalue weighted by atomic mass is 32.1. The third kappa shape index (κ3) is 3.59. The summed E-state index contributed by atoms with van der Waals surface area (Å²) in [5, 5.41) is 2.10. The Bertz CT molecular complexity index is 479. The first-order valence-electron chi connectivity index (χ1n) is 6.24.